The minimum Gasteiger partial charge on any atom is -0.460 e. The molecule has 0 bridgehead atoms. The number of hydrogen-bond donors (Lipinski definition) is 1. The van der Waals surface area contributed by atoms with Gasteiger partial charge >= 0.3 is 0 Å². The van der Waals surface area contributed by atoms with Gasteiger partial charge in [-0.2, -0.15) is 0 Å². The second kappa shape index (κ2) is 11.2. The van der Waals surface area contributed by atoms with Crippen molar-refractivity contribution in [3.8, 4) is 5.75 Å². The SMILES string of the molecule is CC(C)=C(CN(C)C(=O)/C=C/c1cnc2[nH]c(=O)c(N3CCOCC3)cc2c1)Oc1ccc(C)cc1. The molecule has 1 aliphatic heterocycles. The van der Waals surface area contributed by atoms with Crippen molar-refractivity contribution in [1.29, 1.82) is 0 Å². The molecule has 2 aromatic heterocycles. The van der Waals surface area contributed by atoms with Gasteiger partial charge < -0.3 is 24.3 Å². The highest BCUT2D eigenvalue weighted by Gasteiger charge is 2.16. The summed E-state index contributed by atoms with van der Waals surface area (Å²) in [7, 11) is 1.74. The predicted molar refractivity (Wildman–Crippen MR) is 142 cm³/mol. The van der Waals surface area contributed by atoms with E-state index in [-0.39, 0.29) is 11.5 Å². The quantitative estimate of drug-likeness (QED) is 0.401. The molecule has 0 aliphatic carbocycles. The Kier molecular flexibility index (Phi) is 7.85. The van der Waals surface area contributed by atoms with Crippen molar-refractivity contribution in [1.82, 2.24) is 14.9 Å². The molecule has 0 unspecified atom stereocenters. The van der Waals surface area contributed by atoms with E-state index < -0.39 is 0 Å². The summed E-state index contributed by atoms with van der Waals surface area (Å²) in [6, 6.07) is 11.6. The van der Waals surface area contributed by atoms with Crippen LogP contribution in [-0.2, 0) is 9.53 Å². The number of hydrogen-bond acceptors (Lipinski definition) is 6. The van der Waals surface area contributed by atoms with Crippen molar-refractivity contribution in [2.75, 3.05) is 44.8 Å². The predicted octanol–water partition coefficient (Wildman–Crippen LogP) is 3.91. The number of carbonyl (C=O) groups excluding carboxylic acids is 1. The molecule has 1 fully saturated rings. The van der Waals surface area contributed by atoms with Crippen molar-refractivity contribution in [3.63, 3.8) is 0 Å². The van der Waals surface area contributed by atoms with Crippen LogP contribution < -0.4 is 15.2 Å². The fourth-order valence-corrected chi connectivity index (χ4v) is 3.86. The first-order chi connectivity index (χ1) is 17.3. The summed E-state index contributed by atoms with van der Waals surface area (Å²) in [5, 5.41) is 0.803. The minimum atomic E-state index is -0.167. The molecule has 8 nitrogen and oxygen atoms in total. The Morgan fingerprint density at radius 1 is 1.19 bits per heavy atom. The average molecular weight is 489 g/mol. The number of aromatic nitrogens is 2. The zero-order chi connectivity index (χ0) is 25.7. The number of amides is 1. The smallest absolute Gasteiger partial charge is 0.273 e. The maximum atomic E-state index is 12.8. The molecule has 4 rings (SSSR count). The van der Waals surface area contributed by atoms with Gasteiger partial charge in [0.25, 0.3) is 5.56 Å². The fourth-order valence-electron chi connectivity index (χ4n) is 3.86. The molecule has 0 radical (unpaired) electrons. The Balaban J connectivity index is 1.46. The number of nitrogens with zero attached hydrogens (tertiary/aromatic N) is 3. The minimum absolute atomic E-state index is 0.156. The molecule has 1 amide bonds. The van der Waals surface area contributed by atoms with Crippen LogP contribution in [0.1, 0.15) is 25.0 Å². The number of morpholine rings is 1. The Bertz CT molecular complexity index is 1350. The molecule has 3 heterocycles. The number of anilines is 1. The lowest BCUT2D eigenvalue weighted by Crippen LogP contribution is -2.39. The molecular formula is C28H32N4O4. The third-order valence-electron chi connectivity index (χ3n) is 6.04. The number of ether oxygens (including phenoxy) is 2. The first-order valence-electron chi connectivity index (χ1n) is 12.0. The number of pyridine rings is 2. The number of likely N-dealkylation sites (N-methyl/N-ethyl adjacent to an activating group) is 1. The lowest BCUT2D eigenvalue weighted by molar-refractivity contribution is -0.124. The molecule has 1 saturated heterocycles. The van der Waals surface area contributed by atoms with E-state index in [9.17, 15) is 9.59 Å². The van der Waals surface area contributed by atoms with Crippen molar-refractivity contribution < 1.29 is 14.3 Å². The van der Waals surface area contributed by atoms with E-state index in [1.165, 1.54) is 6.08 Å². The summed E-state index contributed by atoms with van der Waals surface area (Å²) >= 11 is 0. The second-order valence-electron chi connectivity index (χ2n) is 9.16. The van der Waals surface area contributed by atoms with Gasteiger partial charge in [-0.3, -0.25) is 9.59 Å². The maximum Gasteiger partial charge on any atom is 0.273 e. The first-order valence-corrected chi connectivity index (χ1v) is 12.0. The molecule has 0 atom stereocenters. The Morgan fingerprint density at radius 2 is 1.92 bits per heavy atom. The zero-order valence-electron chi connectivity index (χ0n) is 21.2. The Morgan fingerprint density at radius 3 is 2.61 bits per heavy atom. The summed E-state index contributed by atoms with van der Waals surface area (Å²) in [6.07, 6.45) is 4.89. The van der Waals surface area contributed by atoms with Crippen LogP contribution in [0.25, 0.3) is 17.1 Å². The number of benzene rings is 1. The van der Waals surface area contributed by atoms with Gasteiger partial charge in [-0.25, -0.2) is 4.98 Å². The number of nitrogens with one attached hydrogen (secondary N) is 1. The van der Waals surface area contributed by atoms with E-state index in [0.717, 1.165) is 33.6 Å². The average Bonchev–Trinajstić information content (AvgIpc) is 2.88. The molecule has 1 N–H and O–H groups in total. The summed E-state index contributed by atoms with van der Waals surface area (Å²) in [4.78, 5) is 36.2. The van der Waals surface area contributed by atoms with Crippen LogP contribution in [0.5, 0.6) is 5.75 Å². The van der Waals surface area contributed by atoms with Crippen LogP contribution in [0.2, 0.25) is 0 Å². The third-order valence-corrected chi connectivity index (χ3v) is 6.04. The number of H-pyrrole nitrogens is 1. The van der Waals surface area contributed by atoms with Gasteiger partial charge in [0.15, 0.2) is 0 Å². The number of aromatic amines is 1. The fraction of sp³-hybridized carbons (Fsp3) is 0.321. The highest BCUT2D eigenvalue weighted by Crippen LogP contribution is 2.19. The van der Waals surface area contributed by atoms with Gasteiger partial charge in [0, 0.05) is 37.8 Å². The largest absolute Gasteiger partial charge is 0.460 e. The van der Waals surface area contributed by atoms with Crippen molar-refractivity contribution in [2.24, 2.45) is 0 Å². The monoisotopic (exact) mass is 488 g/mol. The first kappa shape index (κ1) is 25.2. The van der Waals surface area contributed by atoms with Gasteiger partial charge in [-0.15, -0.1) is 0 Å². The zero-order valence-corrected chi connectivity index (χ0v) is 21.2. The summed E-state index contributed by atoms with van der Waals surface area (Å²) in [5.74, 6) is 1.32. The van der Waals surface area contributed by atoms with E-state index in [2.05, 4.69) is 9.97 Å². The molecule has 188 valence electrons. The van der Waals surface area contributed by atoms with Gasteiger partial charge in [0.2, 0.25) is 5.91 Å². The van der Waals surface area contributed by atoms with E-state index in [4.69, 9.17) is 9.47 Å². The normalized spacial score (nSPS) is 13.7. The summed E-state index contributed by atoms with van der Waals surface area (Å²) < 4.78 is 11.4. The van der Waals surface area contributed by atoms with Gasteiger partial charge in [0.1, 0.15) is 22.8 Å². The van der Waals surface area contributed by atoms with E-state index in [1.54, 1.807) is 24.2 Å². The van der Waals surface area contributed by atoms with Crippen LogP contribution in [0, 0.1) is 6.92 Å². The van der Waals surface area contributed by atoms with Crippen molar-refractivity contribution in [3.05, 3.63) is 81.5 Å². The van der Waals surface area contributed by atoms with Crippen LogP contribution in [0.4, 0.5) is 5.69 Å². The molecule has 1 aromatic carbocycles. The standard InChI is InChI=1S/C28H32N4O4/c1-19(2)25(36-23-8-5-20(3)6-9-23)18-31(4)26(33)10-7-21-15-22-16-24(32-11-13-35-14-12-32)28(34)30-27(22)29-17-21/h5-10,15-17H,11-14,18H2,1-4H3,(H,29,30,34)/b10-7+. The topological polar surface area (TPSA) is 87.8 Å². The van der Waals surface area contributed by atoms with Crippen LogP contribution in [0.3, 0.4) is 0 Å². The van der Waals surface area contributed by atoms with Gasteiger partial charge in [-0.05, 0) is 62.2 Å². The molecular weight excluding hydrogens is 456 g/mol. The van der Waals surface area contributed by atoms with Crippen LogP contribution >= 0.6 is 0 Å². The third kappa shape index (κ3) is 6.20. The highest BCUT2D eigenvalue weighted by molar-refractivity contribution is 5.92. The molecule has 0 saturated carbocycles. The number of allylic oxidation sites excluding steroid dienone is 1. The van der Waals surface area contributed by atoms with E-state index in [0.29, 0.717) is 44.2 Å². The second-order valence-corrected chi connectivity index (χ2v) is 9.16. The van der Waals surface area contributed by atoms with Gasteiger partial charge in [0.05, 0.1) is 19.8 Å². The molecule has 3 aromatic rings. The van der Waals surface area contributed by atoms with Crippen LogP contribution in [0.15, 0.2) is 64.8 Å². The molecule has 1 aliphatic rings. The number of rotatable bonds is 7. The Labute approximate surface area is 210 Å². The Hall–Kier alpha value is -3.91. The van der Waals surface area contributed by atoms with Gasteiger partial charge in [-0.1, -0.05) is 17.7 Å². The van der Waals surface area contributed by atoms with E-state index >= 15 is 0 Å². The molecule has 0 spiro atoms. The van der Waals surface area contributed by atoms with Crippen LogP contribution in [-0.4, -0.2) is 60.7 Å². The van der Waals surface area contributed by atoms with Crippen molar-refractivity contribution in [2.45, 2.75) is 20.8 Å². The highest BCUT2D eigenvalue weighted by atomic mass is 16.5. The van der Waals surface area contributed by atoms with Crippen molar-refractivity contribution >= 4 is 28.7 Å². The summed E-state index contributed by atoms with van der Waals surface area (Å²) in [5.41, 5.74) is 3.88. The van der Waals surface area contributed by atoms with E-state index in [1.807, 2.05) is 62.1 Å². The molecule has 36 heavy (non-hydrogen) atoms. The maximum absolute atomic E-state index is 12.8. The number of carbonyl (C=O) groups is 1. The number of aryl methyl sites for hydroxylation is 1. The molecule has 8 heteroatoms. The summed E-state index contributed by atoms with van der Waals surface area (Å²) in [6.45, 7) is 8.84. The lowest BCUT2D eigenvalue weighted by atomic mass is 10.2. The lowest BCUT2D eigenvalue weighted by Gasteiger charge is -2.28. The number of fused-ring (bicyclic) bond motifs is 1.